The molecule has 5 nitrogen and oxygen atoms in total. The van der Waals surface area contributed by atoms with Crippen molar-refractivity contribution in [1.82, 2.24) is 4.31 Å². The van der Waals surface area contributed by atoms with Crippen molar-refractivity contribution in [3.63, 3.8) is 0 Å². The van der Waals surface area contributed by atoms with Gasteiger partial charge in [0.25, 0.3) is 0 Å². The van der Waals surface area contributed by atoms with Gasteiger partial charge in [0.2, 0.25) is 0 Å². The van der Waals surface area contributed by atoms with Gasteiger partial charge >= 0.3 is 10.2 Å². The number of benzene rings is 1. The molecule has 0 spiro atoms. The van der Waals surface area contributed by atoms with Crippen LogP contribution in [-0.2, 0) is 10.2 Å². The van der Waals surface area contributed by atoms with Gasteiger partial charge in [-0.3, -0.25) is 4.72 Å². The van der Waals surface area contributed by atoms with E-state index in [0.717, 1.165) is 19.3 Å². The molecule has 0 unspecified atom stereocenters. The number of hydrogen-bond donors (Lipinski definition) is 2. The van der Waals surface area contributed by atoms with Crippen LogP contribution in [0.4, 0.5) is 5.69 Å². The normalized spacial score (nSPS) is 16.1. The largest absolute Gasteiger partial charge is 0.384 e. The second-order valence-corrected chi connectivity index (χ2v) is 6.82. The van der Waals surface area contributed by atoms with Crippen LogP contribution in [0.5, 0.6) is 0 Å². The Labute approximate surface area is 130 Å². The molecule has 7 heteroatoms. The summed E-state index contributed by atoms with van der Waals surface area (Å²) in [6, 6.07) is 4.77. The molecule has 1 heterocycles. The van der Waals surface area contributed by atoms with E-state index in [0.29, 0.717) is 29.4 Å². The smallest absolute Gasteiger partial charge is 0.301 e. The summed E-state index contributed by atoms with van der Waals surface area (Å²) in [5.74, 6) is 5.22. The van der Waals surface area contributed by atoms with Crippen LogP contribution in [0, 0.1) is 11.8 Å². The molecule has 1 saturated heterocycles. The fourth-order valence-electron chi connectivity index (χ4n) is 2.15. The predicted molar refractivity (Wildman–Crippen MR) is 83.4 cm³/mol. The quantitative estimate of drug-likeness (QED) is 0.832. The van der Waals surface area contributed by atoms with Crippen LogP contribution in [-0.4, -0.2) is 37.5 Å². The van der Waals surface area contributed by atoms with Gasteiger partial charge in [0.15, 0.2) is 0 Å². The zero-order valence-corrected chi connectivity index (χ0v) is 13.0. The maximum Gasteiger partial charge on any atom is 0.301 e. The lowest BCUT2D eigenvalue weighted by atomic mass is 10.2. The molecule has 0 aromatic heterocycles. The van der Waals surface area contributed by atoms with Gasteiger partial charge in [-0.1, -0.05) is 29.9 Å². The highest BCUT2D eigenvalue weighted by molar-refractivity contribution is 7.90. The van der Waals surface area contributed by atoms with Crippen molar-refractivity contribution in [2.45, 2.75) is 19.3 Å². The zero-order chi connectivity index (χ0) is 15.3. The molecule has 0 saturated carbocycles. The Morgan fingerprint density at radius 2 is 2.00 bits per heavy atom. The summed E-state index contributed by atoms with van der Waals surface area (Å²) in [6.45, 7) is 0.752. The van der Waals surface area contributed by atoms with Gasteiger partial charge in [0.1, 0.15) is 6.61 Å². The van der Waals surface area contributed by atoms with Gasteiger partial charge < -0.3 is 5.11 Å². The van der Waals surface area contributed by atoms with Crippen LogP contribution in [0.15, 0.2) is 18.2 Å². The molecule has 1 aliphatic rings. The molecule has 0 bridgehead atoms. The Bertz CT molecular complexity index is 659. The summed E-state index contributed by atoms with van der Waals surface area (Å²) in [5, 5.41) is 9.18. The molecule has 21 heavy (non-hydrogen) atoms. The third-order valence-electron chi connectivity index (χ3n) is 3.18. The third-order valence-corrected chi connectivity index (χ3v) is 4.94. The molecule has 2 rings (SSSR count). The first kappa shape index (κ1) is 16.1. The van der Waals surface area contributed by atoms with Crippen molar-refractivity contribution in [1.29, 1.82) is 0 Å². The fraction of sp³-hybridized carbons (Fsp3) is 0.429. The summed E-state index contributed by atoms with van der Waals surface area (Å²) in [7, 11) is -3.61. The highest BCUT2D eigenvalue weighted by Crippen LogP contribution is 2.23. The van der Waals surface area contributed by atoms with E-state index in [4.69, 9.17) is 16.7 Å². The van der Waals surface area contributed by atoms with E-state index < -0.39 is 10.2 Å². The molecular formula is C14H17ClN2O3S. The maximum atomic E-state index is 12.4. The van der Waals surface area contributed by atoms with Gasteiger partial charge in [0.05, 0.1) is 5.69 Å². The Kier molecular flexibility index (Phi) is 5.48. The molecule has 1 aromatic rings. The zero-order valence-electron chi connectivity index (χ0n) is 11.5. The van der Waals surface area contributed by atoms with Crippen molar-refractivity contribution in [3.8, 4) is 11.8 Å². The number of piperidine rings is 1. The lowest BCUT2D eigenvalue weighted by molar-refractivity contribution is 0.349. The van der Waals surface area contributed by atoms with E-state index in [1.807, 2.05) is 0 Å². The first-order valence-corrected chi connectivity index (χ1v) is 8.52. The number of aliphatic hydroxyl groups excluding tert-OH is 1. The number of anilines is 1. The number of aliphatic hydroxyl groups is 1. The summed E-state index contributed by atoms with van der Waals surface area (Å²) >= 11 is 5.92. The van der Waals surface area contributed by atoms with Crippen LogP contribution in [0.3, 0.4) is 0 Å². The Balaban J connectivity index is 2.27. The minimum absolute atomic E-state index is 0.291. The average molecular weight is 329 g/mol. The SMILES string of the molecule is O=S(=O)(Nc1cc(Cl)ccc1C#CCO)N1CCCCC1. The van der Waals surface area contributed by atoms with Gasteiger partial charge in [-0.05, 0) is 31.0 Å². The van der Waals surface area contributed by atoms with Gasteiger partial charge in [-0.2, -0.15) is 12.7 Å². The monoisotopic (exact) mass is 328 g/mol. The van der Waals surface area contributed by atoms with E-state index in [-0.39, 0.29) is 6.61 Å². The van der Waals surface area contributed by atoms with Gasteiger partial charge in [-0.25, -0.2) is 0 Å². The highest BCUT2D eigenvalue weighted by Gasteiger charge is 2.24. The van der Waals surface area contributed by atoms with Crippen LogP contribution >= 0.6 is 11.6 Å². The first-order chi connectivity index (χ1) is 10.0. The van der Waals surface area contributed by atoms with E-state index >= 15 is 0 Å². The number of nitrogens with zero attached hydrogens (tertiary/aromatic N) is 1. The molecule has 0 aliphatic carbocycles. The summed E-state index contributed by atoms with van der Waals surface area (Å²) in [6.07, 6.45) is 2.79. The fourth-order valence-corrected chi connectivity index (χ4v) is 3.64. The van der Waals surface area contributed by atoms with Gasteiger partial charge in [-0.15, -0.1) is 0 Å². The average Bonchev–Trinajstić information content (AvgIpc) is 2.47. The van der Waals surface area contributed by atoms with Gasteiger partial charge in [0, 0.05) is 23.7 Å². The maximum absolute atomic E-state index is 12.4. The van der Waals surface area contributed by atoms with Crippen LogP contribution in [0.25, 0.3) is 0 Å². The number of halogens is 1. The molecule has 2 N–H and O–H groups in total. The third kappa shape index (κ3) is 4.35. The van der Waals surface area contributed by atoms with Crippen molar-refractivity contribution in [2.24, 2.45) is 0 Å². The molecular weight excluding hydrogens is 312 g/mol. The summed E-state index contributed by atoms with van der Waals surface area (Å²) in [4.78, 5) is 0. The first-order valence-electron chi connectivity index (χ1n) is 6.70. The van der Waals surface area contributed by atoms with E-state index in [1.165, 1.54) is 10.4 Å². The second-order valence-electron chi connectivity index (χ2n) is 4.72. The van der Waals surface area contributed by atoms with E-state index in [1.54, 1.807) is 12.1 Å². The predicted octanol–water partition coefficient (Wildman–Crippen LogP) is 1.83. The van der Waals surface area contributed by atoms with Crippen molar-refractivity contribution in [2.75, 3.05) is 24.4 Å². The molecule has 0 amide bonds. The minimum atomic E-state index is -3.61. The summed E-state index contributed by atoms with van der Waals surface area (Å²) < 4.78 is 28.7. The lowest BCUT2D eigenvalue weighted by Crippen LogP contribution is -2.39. The second kappa shape index (κ2) is 7.14. The Hall–Kier alpha value is -1.26. The van der Waals surface area contributed by atoms with E-state index in [9.17, 15) is 8.42 Å². The standard InChI is InChI=1S/C14H17ClN2O3S/c15-13-7-6-12(5-4-10-18)14(11-13)16-21(19,20)17-8-2-1-3-9-17/h6-7,11,16,18H,1-3,8-10H2. The Morgan fingerprint density at radius 3 is 2.67 bits per heavy atom. The van der Waals surface area contributed by atoms with Crippen molar-refractivity contribution >= 4 is 27.5 Å². The molecule has 114 valence electrons. The van der Waals surface area contributed by atoms with Crippen molar-refractivity contribution in [3.05, 3.63) is 28.8 Å². The van der Waals surface area contributed by atoms with Crippen molar-refractivity contribution < 1.29 is 13.5 Å². The van der Waals surface area contributed by atoms with Crippen LogP contribution < -0.4 is 4.72 Å². The minimum Gasteiger partial charge on any atom is -0.384 e. The van der Waals surface area contributed by atoms with Crippen LogP contribution in [0.2, 0.25) is 5.02 Å². The van der Waals surface area contributed by atoms with Crippen LogP contribution in [0.1, 0.15) is 24.8 Å². The molecule has 1 aliphatic heterocycles. The number of nitrogens with one attached hydrogen (secondary N) is 1. The molecule has 0 atom stereocenters. The Morgan fingerprint density at radius 1 is 1.29 bits per heavy atom. The lowest BCUT2D eigenvalue weighted by Gasteiger charge is -2.26. The summed E-state index contributed by atoms with van der Waals surface area (Å²) in [5.41, 5.74) is 0.808. The topological polar surface area (TPSA) is 69.6 Å². The highest BCUT2D eigenvalue weighted by atomic mass is 35.5. The number of hydrogen-bond acceptors (Lipinski definition) is 3. The van der Waals surface area contributed by atoms with E-state index in [2.05, 4.69) is 16.6 Å². The number of rotatable bonds is 3. The molecule has 1 aromatic carbocycles. The molecule has 0 radical (unpaired) electrons. The molecule has 1 fully saturated rings.